The van der Waals surface area contributed by atoms with Gasteiger partial charge in [0.15, 0.2) is 5.76 Å². The van der Waals surface area contributed by atoms with E-state index in [4.69, 9.17) is 18.6 Å². The molecule has 0 aliphatic rings. The molecule has 0 radical (unpaired) electrons. The van der Waals surface area contributed by atoms with Crippen molar-refractivity contribution in [1.82, 2.24) is 4.90 Å². The molecule has 0 spiro atoms. The van der Waals surface area contributed by atoms with Crippen LogP contribution < -0.4 is 14.8 Å². The van der Waals surface area contributed by atoms with Gasteiger partial charge in [0.05, 0.1) is 24.2 Å². The first-order valence-electron chi connectivity index (χ1n) is 10.9. The number of hydrogen-bond acceptors (Lipinski definition) is 8. The fourth-order valence-corrected chi connectivity index (χ4v) is 4.32. The Bertz CT molecular complexity index is 1210. The van der Waals surface area contributed by atoms with Gasteiger partial charge in [-0.25, -0.2) is 4.79 Å². The van der Waals surface area contributed by atoms with E-state index >= 15 is 0 Å². The van der Waals surface area contributed by atoms with E-state index in [1.165, 1.54) is 11.0 Å². The van der Waals surface area contributed by atoms with Crippen LogP contribution in [0.1, 0.15) is 55.3 Å². The van der Waals surface area contributed by atoms with Crippen molar-refractivity contribution in [3.63, 3.8) is 0 Å². The minimum Gasteiger partial charge on any atom is -0.497 e. The van der Waals surface area contributed by atoms with E-state index in [1.54, 1.807) is 58.5 Å². The number of thiophene rings is 1. The molecule has 0 fully saturated rings. The minimum absolute atomic E-state index is 0.0358. The normalized spacial score (nSPS) is 10.5. The first kappa shape index (κ1) is 25.8. The van der Waals surface area contributed by atoms with E-state index in [-0.39, 0.29) is 35.4 Å². The summed E-state index contributed by atoms with van der Waals surface area (Å²) in [6.45, 7) is 3.87. The fraction of sp³-hybridized carbons (Fsp3) is 0.320. The summed E-state index contributed by atoms with van der Waals surface area (Å²) in [5.74, 6) is 0.295. The number of methoxy groups -OCH3 is 1. The van der Waals surface area contributed by atoms with Crippen LogP contribution in [0.5, 0.6) is 11.5 Å². The molecule has 3 rings (SSSR count). The number of anilines is 1. The zero-order valence-electron chi connectivity index (χ0n) is 20.3. The summed E-state index contributed by atoms with van der Waals surface area (Å²) >= 11 is 1.02. The van der Waals surface area contributed by atoms with E-state index in [9.17, 15) is 14.4 Å². The molecule has 0 saturated heterocycles. The summed E-state index contributed by atoms with van der Waals surface area (Å²) in [5.41, 5.74) is 0.618. The van der Waals surface area contributed by atoms with Crippen LogP contribution >= 0.6 is 11.3 Å². The van der Waals surface area contributed by atoms with E-state index in [0.717, 1.165) is 11.3 Å². The summed E-state index contributed by atoms with van der Waals surface area (Å²) < 4.78 is 21.8. The predicted octanol–water partition coefficient (Wildman–Crippen LogP) is 4.76. The molecule has 0 aliphatic carbocycles. The summed E-state index contributed by atoms with van der Waals surface area (Å²) in [7, 11) is 4.81. The maximum atomic E-state index is 12.9. The minimum atomic E-state index is -0.597. The molecule has 0 atom stereocenters. The van der Waals surface area contributed by atoms with Gasteiger partial charge in [-0.15, -0.1) is 11.3 Å². The Hall–Kier alpha value is -3.79. The van der Waals surface area contributed by atoms with Crippen LogP contribution in [0, 0.1) is 6.92 Å². The second kappa shape index (κ2) is 11.6. The third-order valence-electron chi connectivity index (χ3n) is 4.92. The molecule has 1 aromatic carbocycles. The summed E-state index contributed by atoms with van der Waals surface area (Å²) in [6, 6.07) is 10.3. The lowest BCUT2D eigenvalue weighted by atomic mass is 10.1. The van der Waals surface area contributed by atoms with Gasteiger partial charge in [-0.05, 0) is 43.2 Å². The van der Waals surface area contributed by atoms with Crippen molar-refractivity contribution in [3.8, 4) is 11.5 Å². The standard InChI is InChI=1S/C25H28N2O7S/c1-6-12-32-25(30)20-15(2)21(24(29)27(3)4)35-23(20)26-22(28)19-11-10-18(34-19)14-33-17-9-7-8-16(13-17)31-5/h7-11,13H,6,12,14H2,1-5H3,(H,26,28). The molecule has 9 nitrogen and oxygen atoms in total. The van der Waals surface area contributed by atoms with Gasteiger partial charge in [-0.3, -0.25) is 9.59 Å². The zero-order valence-corrected chi connectivity index (χ0v) is 21.1. The smallest absolute Gasteiger partial charge is 0.341 e. The molecule has 35 heavy (non-hydrogen) atoms. The molecule has 186 valence electrons. The average Bonchev–Trinajstić information content (AvgIpc) is 3.45. The van der Waals surface area contributed by atoms with Gasteiger partial charge in [-0.2, -0.15) is 0 Å². The van der Waals surface area contributed by atoms with E-state index < -0.39 is 11.9 Å². The third-order valence-corrected chi connectivity index (χ3v) is 6.12. The third kappa shape index (κ3) is 6.21. The number of hydrogen-bond donors (Lipinski definition) is 1. The van der Waals surface area contributed by atoms with E-state index in [2.05, 4.69) is 5.32 Å². The molecule has 2 heterocycles. The Morgan fingerprint density at radius 2 is 1.86 bits per heavy atom. The monoisotopic (exact) mass is 500 g/mol. The van der Waals surface area contributed by atoms with Gasteiger partial charge in [-0.1, -0.05) is 13.0 Å². The van der Waals surface area contributed by atoms with Crippen LogP contribution in [-0.4, -0.2) is 50.5 Å². The number of nitrogens with zero attached hydrogens (tertiary/aromatic N) is 1. The molecular formula is C25H28N2O7S. The van der Waals surface area contributed by atoms with Crippen molar-refractivity contribution in [2.24, 2.45) is 0 Å². The Labute approximate surface area is 207 Å². The Kier molecular flexibility index (Phi) is 8.53. The highest BCUT2D eigenvalue weighted by Crippen LogP contribution is 2.35. The highest BCUT2D eigenvalue weighted by Gasteiger charge is 2.28. The molecule has 3 aromatic rings. The molecule has 0 aliphatic heterocycles. The van der Waals surface area contributed by atoms with Gasteiger partial charge >= 0.3 is 5.97 Å². The second-order valence-corrected chi connectivity index (χ2v) is 8.80. The van der Waals surface area contributed by atoms with Crippen LogP contribution in [0.4, 0.5) is 5.00 Å². The lowest BCUT2D eigenvalue weighted by molar-refractivity contribution is 0.0506. The second-order valence-electron chi connectivity index (χ2n) is 7.78. The molecular weight excluding hydrogens is 472 g/mol. The molecule has 0 bridgehead atoms. The summed E-state index contributed by atoms with van der Waals surface area (Å²) in [4.78, 5) is 39.9. The van der Waals surface area contributed by atoms with Gasteiger partial charge < -0.3 is 28.8 Å². The fourth-order valence-electron chi connectivity index (χ4n) is 3.11. The van der Waals surface area contributed by atoms with Crippen molar-refractivity contribution >= 4 is 34.1 Å². The number of benzene rings is 1. The first-order valence-corrected chi connectivity index (χ1v) is 11.8. The predicted molar refractivity (Wildman–Crippen MR) is 132 cm³/mol. The van der Waals surface area contributed by atoms with Gasteiger partial charge in [0, 0.05) is 20.2 Å². The van der Waals surface area contributed by atoms with Gasteiger partial charge in [0.25, 0.3) is 11.8 Å². The number of esters is 1. The highest BCUT2D eigenvalue weighted by atomic mass is 32.1. The summed E-state index contributed by atoms with van der Waals surface area (Å²) in [5, 5.41) is 2.92. The van der Waals surface area contributed by atoms with Crippen molar-refractivity contribution < 1.29 is 33.0 Å². The number of rotatable bonds is 10. The number of furan rings is 1. The lowest BCUT2D eigenvalue weighted by Crippen LogP contribution is -2.21. The quantitative estimate of drug-likeness (QED) is 0.400. The SMILES string of the molecule is CCCOC(=O)c1c(NC(=O)c2ccc(COc3cccc(OC)c3)o2)sc(C(=O)N(C)C)c1C. The maximum Gasteiger partial charge on any atom is 0.341 e. The Morgan fingerprint density at radius 1 is 1.11 bits per heavy atom. The number of amides is 2. The number of carbonyl (C=O) groups excluding carboxylic acids is 3. The Morgan fingerprint density at radius 3 is 2.54 bits per heavy atom. The van der Waals surface area contributed by atoms with Crippen LogP contribution in [0.25, 0.3) is 0 Å². The molecule has 10 heteroatoms. The molecule has 2 amide bonds. The van der Waals surface area contributed by atoms with Gasteiger partial charge in [0.2, 0.25) is 0 Å². The number of carbonyl (C=O) groups is 3. The largest absolute Gasteiger partial charge is 0.497 e. The van der Waals surface area contributed by atoms with Crippen LogP contribution in [0.2, 0.25) is 0 Å². The molecule has 0 unspecified atom stereocenters. The molecule has 1 N–H and O–H groups in total. The van der Waals surface area contributed by atoms with Crippen LogP contribution in [-0.2, 0) is 11.3 Å². The summed E-state index contributed by atoms with van der Waals surface area (Å²) in [6.07, 6.45) is 0.646. The molecule has 0 saturated carbocycles. The van der Waals surface area contributed by atoms with Gasteiger partial charge in [0.1, 0.15) is 28.9 Å². The number of ether oxygens (including phenoxy) is 3. The highest BCUT2D eigenvalue weighted by molar-refractivity contribution is 7.18. The van der Waals surface area contributed by atoms with Crippen molar-refractivity contribution in [1.29, 1.82) is 0 Å². The van der Waals surface area contributed by atoms with E-state index in [0.29, 0.717) is 34.1 Å². The van der Waals surface area contributed by atoms with Crippen LogP contribution in [0.3, 0.4) is 0 Å². The van der Waals surface area contributed by atoms with Crippen molar-refractivity contribution in [2.75, 3.05) is 33.1 Å². The number of nitrogens with one attached hydrogen (secondary N) is 1. The van der Waals surface area contributed by atoms with Crippen LogP contribution in [0.15, 0.2) is 40.8 Å². The van der Waals surface area contributed by atoms with Crippen molar-refractivity contribution in [2.45, 2.75) is 26.9 Å². The molecule has 2 aromatic heterocycles. The lowest BCUT2D eigenvalue weighted by Gasteiger charge is -2.09. The topological polar surface area (TPSA) is 107 Å². The average molecular weight is 501 g/mol. The zero-order chi connectivity index (χ0) is 25.5. The Balaban J connectivity index is 1.77. The first-order chi connectivity index (χ1) is 16.7. The maximum absolute atomic E-state index is 12.9. The van der Waals surface area contributed by atoms with Crippen molar-refractivity contribution in [3.05, 3.63) is 63.9 Å². The van der Waals surface area contributed by atoms with E-state index in [1.807, 2.05) is 6.92 Å².